The maximum atomic E-state index is 15.9. The molecule has 2 aromatic carbocycles. The summed E-state index contributed by atoms with van der Waals surface area (Å²) in [6.45, 7) is 7.19. The Morgan fingerprint density at radius 1 is 1.10 bits per heavy atom. The molecule has 258 valence electrons. The fourth-order valence-electron chi connectivity index (χ4n) is 4.96. The summed E-state index contributed by atoms with van der Waals surface area (Å²) < 4.78 is 97.1. The zero-order valence-electron chi connectivity index (χ0n) is 26.7. The van der Waals surface area contributed by atoms with Gasteiger partial charge in [-0.1, -0.05) is 24.3 Å². The molecule has 0 fully saturated rings. The Morgan fingerprint density at radius 2 is 1.78 bits per heavy atom. The van der Waals surface area contributed by atoms with E-state index in [1.807, 2.05) is 6.07 Å². The molecule has 1 aliphatic heterocycles. The number of alkyl carbamates (subject to hydrolysis) is 1. The van der Waals surface area contributed by atoms with Gasteiger partial charge in [-0.3, -0.25) is 4.79 Å². The Balaban J connectivity index is 1.58. The van der Waals surface area contributed by atoms with E-state index in [4.69, 9.17) is 9.15 Å². The lowest BCUT2D eigenvalue weighted by Gasteiger charge is -2.27. The quantitative estimate of drug-likeness (QED) is 0.215. The first-order chi connectivity index (χ1) is 22.7. The topological polar surface area (TPSA) is 139 Å². The first-order valence-corrected chi connectivity index (χ1v) is 14.7. The third-order valence-electron chi connectivity index (χ3n) is 7.43. The Labute approximate surface area is 275 Å². The number of anilines is 1. The summed E-state index contributed by atoms with van der Waals surface area (Å²) in [5.74, 6) is -6.64. The predicted molar refractivity (Wildman–Crippen MR) is 160 cm³/mol. The van der Waals surface area contributed by atoms with Gasteiger partial charge in [0.05, 0.1) is 30.1 Å². The van der Waals surface area contributed by atoms with Crippen molar-refractivity contribution in [2.45, 2.75) is 76.9 Å². The van der Waals surface area contributed by atoms with Crippen LogP contribution in [0.1, 0.15) is 58.1 Å². The standard InChI is InChI=1S/C32H29F6N7O4/c1-29(2,3)49-28(47)41-23-12-31(34,35)21-11-22(33)20(25-42-43-27(48-25)30(4,5)16-39)10-24(21)44(26(23)46)14-17-6-8-18(9-7-17)19-13-40-45(15-19)32(36,37)38/h6-11,13,15,23H,12,14H2,1-5H3,(H,41,47)/t23-/m1/s1. The molecule has 2 aromatic heterocycles. The van der Waals surface area contributed by atoms with Crippen LogP contribution in [-0.4, -0.2) is 43.6 Å². The Morgan fingerprint density at radius 3 is 2.37 bits per heavy atom. The summed E-state index contributed by atoms with van der Waals surface area (Å²) in [6.07, 6.45) is -5.30. The molecule has 0 bridgehead atoms. The van der Waals surface area contributed by atoms with Crippen molar-refractivity contribution < 1.29 is 45.1 Å². The Hall–Kier alpha value is -5.40. The van der Waals surface area contributed by atoms with E-state index in [1.165, 1.54) is 38.1 Å². The second kappa shape index (κ2) is 12.2. The van der Waals surface area contributed by atoms with Gasteiger partial charge in [0.25, 0.3) is 11.8 Å². The molecule has 0 saturated carbocycles. The lowest BCUT2D eigenvalue weighted by molar-refractivity contribution is -0.212. The molecule has 0 spiro atoms. The van der Waals surface area contributed by atoms with Crippen molar-refractivity contribution in [3.8, 4) is 28.7 Å². The molecule has 2 amide bonds. The lowest BCUT2D eigenvalue weighted by Crippen LogP contribution is -2.49. The zero-order chi connectivity index (χ0) is 36.1. The van der Waals surface area contributed by atoms with Gasteiger partial charge < -0.3 is 19.4 Å². The summed E-state index contributed by atoms with van der Waals surface area (Å²) in [5.41, 5.74) is -3.21. The number of hydrogen-bond donors (Lipinski definition) is 1. The molecule has 17 heteroatoms. The number of carbonyl (C=O) groups excluding carboxylic acids is 2. The van der Waals surface area contributed by atoms with Crippen molar-refractivity contribution in [3.05, 3.63) is 71.6 Å². The second-order valence-electron chi connectivity index (χ2n) is 12.9. The molecule has 3 heterocycles. The van der Waals surface area contributed by atoms with Gasteiger partial charge >= 0.3 is 12.4 Å². The number of ether oxygens (including phenoxy) is 1. The number of alkyl halides is 5. The first kappa shape index (κ1) is 34.9. The minimum absolute atomic E-state index is 0.139. The number of rotatable bonds is 6. The van der Waals surface area contributed by atoms with Crippen LogP contribution in [0.3, 0.4) is 0 Å². The highest BCUT2D eigenvalue weighted by molar-refractivity contribution is 6.01. The molecule has 5 rings (SSSR count). The van der Waals surface area contributed by atoms with Gasteiger partial charge in [0.1, 0.15) is 22.9 Å². The summed E-state index contributed by atoms with van der Waals surface area (Å²) in [7, 11) is 0. The van der Waals surface area contributed by atoms with E-state index < -0.39 is 82.8 Å². The highest BCUT2D eigenvalue weighted by atomic mass is 19.4. The van der Waals surface area contributed by atoms with Gasteiger partial charge in [0.2, 0.25) is 11.8 Å². The summed E-state index contributed by atoms with van der Waals surface area (Å²) in [5, 5.41) is 22.5. The fourth-order valence-corrected chi connectivity index (χ4v) is 4.96. The molecule has 1 aliphatic rings. The number of nitriles is 1. The SMILES string of the molecule is CC(C)(C)OC(=O)N[C@@H]1CC(F)(F)c2cc(F)c(-c3nnc(C(C)(C)C#N)o3)cc2N(Cc2ccc(-c3cnn(C(F)(F)F)c3)cc2)C1=O. The van der Waals surface area contributed by atoms with Crippen LogP contribution in [0.15, 0.2) is 53.2 Å². The molecule has 49 heavy (non-hydrogen) atoms. The summed E-state index contributed by atoms with van der Waals surface area (Å²) >= 11 is 0. The van der Waals surface area contributed by atoms with Crippen LogP contribution < -0.4 is 10.2 Å². The average molecular weight is 690 g/mol. The van der Waals surface area contributed by atoms with Crippen LogP contribution in [0.5, 0.6) is 0 Å². The number of fused-ring (bicyclic) bond motifs is 1. The van der Waals surface area contributed by atoms with Crippen molar-refractivity contribution in [1.82, 2.24) is 25.3 Å². The van der Waals surface area contributed by atoms with Gasteiger partial charge in [0, 0.05) is 23.7 Å². The Bertz CT molecular complexity index is 1940. The van der Waals surface area contributed by atoms with E-state index in [2.05, 4.69) is 20.6 Å². The average Bonchev–Trinajstić information content (AvgIpc) is 3.69. The first-order valence-electron chi connectivity index (χ1n) is 14.7. The predicted octanol–water partition coefficient (Wildman–Crippen LogP) is 6.94. The minimum Gasteiger partial charge on any atom is -0.444 e. The van der Waals surface area contributed by atoms with Crippen LogP contribution in [0, 0.1) is 17.1 Å². The van der Waals surface area contributed by atoms with Gasteiger partial charge in [-0.25, -0.2) is 18.0 Å². The van der Waals surface area contributed by atoms with Crippen molar-refractivity contribution >= 4 is 17.7 Å². The van der Waals surface area contributed by atoms with Crippen molar-refractivity contribution in [2.24, 2.45) is 0 Å². The third-order valence-corrected chi connectivity index (χ3v) is 7.43. The minimum atomic E-state index is -4.72. The third kappa shape index (κ3) is 7.37. The largest absolute Gasteiger partial charge is 0.504 e. The van der Waals surface area contributed by atoms with Crippen LogP contribution in [0.2, 0.25) is 0 Å². The molecule has 0 radical (unpaired) electrons. The molecular weight excluding hydrogens is 660 g/mol. The number of halogens is 6. The molecule has 1 atom stereocenters. The van der Waals surface area contributed by atoms with E-state index in [9.17, 15) is 28.0 Å². The van der Waals surface area contributed by atoms with Crippen LogP contribution in [0.25, 0.3) is 22.6 Å². The molecule has 0 saturated heterocycles. The maximum absolute atomic E-state index is 15.9. The van der Waals surface area contributed by atoms with Gasteiger partial charge in [0.15, 0.2) is 0 Å². The smallest absolute Gasteiger partial charge is 0.444 e. The van der Waals surface area contributed by atoms with E-state index >= 15 is 13.2 Å². The number of benzene rings is 2. The van der Waals surface area contributed by atoms with Crippen molar-refractivity contribution in [2.75, 3.05) is 4.90 Å². The van der Waals surface area contributed by atoms with Gasteiger partial charge in [-0.05, 0) is 57.9 Å². The number of amides is 2. The van der Waals surface area contributed by atoms with E-state index in [0.29, 0.717) is 17.2 Å². The molecule has 11 nitrogen and oxygen atoms in total. The van der Waals surface area contributed by atoms with E-state index in [0.717, 1.165) is 23.4 Å². The molecule has 4 aromatic rings. The normalized spacial score (nSPS) is 16.5. The van der Waals surface area contributed by atoms with E-state index in [1.54, 1.807) is 20.8 Å². The van der Waals surface area contributed by atoms with Crippen LogP contribution in [-0.2, 0) is 33.7 Å². The fraction of sp³-hybridized carbons (Fsp3) is 0.375. The number of carbonyl (C=O) groups is 2. The molecular formula is C32H29F6N7O4. The van der Waals surface area contributed by atoms with Crippen LogP contribution >= 0.6 is 0 Å². The highest BCUT2D eigenvalue weighted by Crippen LogP contribution is 2.45. The number of nitrogens with one attached hydrogen (secondary N) is 1. The highest BCUT2D eigenvalue weighted by Gasteiger charge is 2.47. The summed E-state index contributed by atoms with van der Waals surface area (Å²) in [6, 6.07) is 7.45. The maximum Gasteiger partial charge on any atom is 0.504 e. The molecule has 1 N–H and O–H groups in total. The molecule has 0 unspecified atom stereocenters. The van der Waals surface area contributed by atoms with E-state index in [-0.39, 0.29) is 16.1 Å². The monoisotopic (exact) mass is 689 g/mol. The van der Waals surface area contributed by atoms with Crippen LogP contribution in [0.4, 0.5) is 36.8 Å². The van der Waals surface area contributed by atoms with Gasteiger partial charge in [-0.15, -0.1) is 23.4 Å². The Kier molecular flexibility index (Phi) is 8.73. The number of aromatic nitrogens is 4. The number of nitrogens with zero attached hydrogens (tertiary/aromatic N) is 6. The van der Waals surface area contributed by atoms with Gasteiger partial charge in [-0.2, -0.15) is 15.0 Å². The number of hydrogen-bond acceptors (Lipinski definition) is 8. The summed E-state index contributed by atoms with van der Waals surface area (Å²) in [4.78, 5) is 27.6. The molecule has 0 aliphatic carbocycles. The lowest BCUT2D eigenvalue weighted by atomic mass is 9.96. The van der Waals surface area contributed by atoms with Crippen molar-refractivity contribution in [3.63, 3.8) is 0 Å². The zero-order valence-corrected chi connectivity index (χ0v) is 26.7. The van der Waals surface area contributed by atoms with Crippen molar-refractivity contribution in [1.29, 1.82) is 5.26 Å². The second-order valence-corrected chi connectivity index (χ2v) is 12.9.